The third-order valence-electron chi connectivity index (χ3n) is 2.53. The Kier molecular flexibility index (Phi) is 4.25. The Morgan fingerprint density at radius 2 is 2.25 bits per heavy atom. The van der Waals surface area contributed by atoms with Crippen LogP contribution < -0.4 is 0 Å². The summed E-state index contributed by atoms with van der Waals surface area (Å²) in [5, 5.41) is 19.7. The molecule has 1 N–H and O–H groups in total. The smallest absolute Gasteiger partial charge is 0.322 e. The van der Waals surface area contributed by atoms with E-state index >= 15 is 0 Å². The maximum absolute atomic E-state index is 12.3. The summed E-state index contributed by atoms with van der Waals surface area (Å²) in [5.74, 6) is -1.13. The number of hydrogen-bond donors (Lipinski definition) is 1. The fourth-order valence-electron chi connectivity index (χ4n) is 1.56. The van der Waals surface area contributed by atoms with Gasteiger partial charge in [-0.3, -0.25) is 14.9 Å². The van der Waals surface area contributed by atoms with Gasteiger partial charge in [0.2, 0.25) is 0 Å². The summed E-state index contributed by atoms with van der Waals surface area (Å²) in [6.45, 7) is 0. The van der Waals surface area contributed by atoms with Crippen LogP contribution in [0.25, 0.3) is 0 Å². The maximum Gasteiger partial charge on any atom is 0.322 e. The Morgan fingerprint density at radius 1 is 1.60 bits per heavy atom. The van der Waals surface area contributed by atoms with Crippen molar-refractivity contribution >= 4 is 56.4 Å². The van der Waals surface area contributed by atoms with Gasteiger partial charge >= 0.3 is 5.97 Å². The zero-order valence-electron chi connectivity index (χ0n) is 9.55. The minimum Gasteiger partial charge on any atom is -0.480 e. The molecule has 2 rings (SSSR count). The summed E-state index contributed by atoms with van der Waals surface area (Å²) >= 11 is 7.33. The Balaban J connectivity index is 2.43. The lowest BCUT2D eigenvalue weighted by molar-refractivity contribution is -0.384. The third-order valence-corrected chi connectivity index (χ3v) is 7.35. The maximum atomic E-state index is 12.3. The Hall–Kier alpha value is -0.880. The van der Waals surface area contributed by atoms with Crippen molar-refractivity contribution in [3.63, 3.8) is 0 Å². The second-order valence-electron chi connectivity index (χ2n) is 3.73. The van der Waals surface area contributed by atoms with E-state index in [1.807, 2.05) is 0 Å². The molecule has 0 aromatic carbocycles. The van der Waals surface area contributed by atoms with E-state index in [9.17, 15) is 23.3 Å². The van der Waals surface area contributed by atoms with Gasteiger partial charge < -0.3 is 5.11 Å². The van der Waals surface area contributed by atoms with E-state index in [1.165, 1.54) is 0 Å². The number of aliphatic carboxylic acids is 1. The molecule has 1 atom stereocenters. The molecule has 110 valence electrons. The highest BCUT2D eigenvalue weighted by Gasteiger charge is 2.41. The SMILES string of the molecule is O=C(O)C1CSCN1S(=O)(=O)c1cc([N+](=O)[O-])c(Cl)s1. The van der Waals surface area contributed by atoms with E-state index in [4.69, 9.17) is 16.7 Å². The third kappa shape index (κ3) is 2.63. The monoisotopic (exact) mass is 358 g/mol. The van der Waals surface area contributed by atoms with Crippen molar-refractivity contribution in [2.75, 3.05) is 11.6 Å². The van der Waals surface area contributed by atoms with Gasteiger partial charge in [-0.25, -0.2) is 8.42 Å². The summed E-state index contributed by atoms with van der Waals surface area (Å²) in [4.78, 5) is 20.9. The summed E-state index contributed by atoms with van der Waals surface area (Å²) in [7, 11) is -4.11. The molecule has 1 aromatic rings. The minimum absolute atomic E-state index is 0.0113. The number of carboxylic acids is 1. The first-order chi connectivity index (χ1) is 9.25. The van der Waals surface area contributed by atoms with Gasteiger partial charge in [0.25, 0.3) is 15.7 Å². The lowest BCUT2D eigenvalue weighted by Crippen LogP contribution is -2.41. The number of sulfonamides is 1. The quantitative estimate of drug-likeness (QED) is 0.639. The molecule has 0 spiro atoms. The van der Waals surface area contributed by atoms with E-state index in [-0.39, 0.29) is 20.2 Å². The van der Waals surface area contributed by atoms with E-state index in [0.29, 0.717) is 11.3 Å². The van der Waals surface area contributed by atoms with Crippen LogP contribution in [-0.2, 0) is 14.8 Å². The number of nitro groups is 1. The highest BCUT2D eigenvalue weighted by molar-refractivity contribution is 8.01. The Labute approximate surface area is 126 Å². The molecule has 1 aromatic heterocycles. The normalized spacial score (nSPS) is 20.1. The van der Waals surface area contributed by atoms with Crippen LogP contribution >= 0.6 is 34.7 Å². The number of nitrogens with zero attached hydrogens (tertiary/aromatic N) is 2. The highest BCUT2D eigenvalue weighted by atomic mass is 35.5. The molecule has 12 heteroatoms. The number of carboxylic acid groups (broad SMARTS) is 1. The van der Waals surface area contributed by atoms with Gasteiger partial charge in [0.05, 0.1) is 10.8 Å². The van der Waals surface area contributed by atoms with Crippen LogP contribution in [0.1, 0.15) is 0 Å². The predicted molar refractivity (Wildman–Crippen MR) is 73.8 cm³/mol. The largest absolute Gasteiger partial charge is 0.480 e. The number of carbonyl (C=O) groups is 1. The van der Waals surface area contributed by atoms with Crippen LogP contribution in [-0.4, -0.2) is 46.4 Å². The Morgan fingerprint density at radius 3 is 2.75 bits per heavy atom. The van der Waals surface area contributed by atoms with Crippen LogP contribution in [0, 0.1) is 10.1 Å². The van der Waals surface area contributed by atoms with Gasteiger partial charge in [-0.2, -0.15) is 4.31 Å². The number of halogens is 1. The molecule has 1 aliphatic rings. The van der Waals surface area contributed by atoms with Crippen molar-refractivity contribution in [2.24, 2.45) is 0 Å². The van der Waals surface area contributed by atoms with Crippen LogP contribution in [0.15, 0.2) is 10.3 Å². The molecule has 0 amide bonds. The molecule has 2 heterocycles. The van der Waals surface area contributed by atoms with Gasteiger partial charge in [0, 0.05) is 11.8 Å². The molecule has 1 aliphatic heterocycles. The average Bonchev–Trinajstić information content (AvgIpc) is 2.94. The molecule has 1 fully saturated rings. The number of thioether (sulfide) groups is 1. The van der Waals surface area contributed by atoms with Gasteiger partial charge in [-0.15, -0.1) is 23.1 Å². The van der Waals surface area contributed by atoms with Crippen molar-refractivity contribution in [3.05, 3.63) is 20.5 Å². The lowest BCUT2D eigenvalue weighted by Gasteiger charge is -2.18. The van der Waals surface area contributed by atoms with Crippen LogP contribution in [0.2, 0.25) is 4.34 Å². The second kappa shape index (κ2) is 5.48. The van der Waals surface area contributed by atoms with E-state index < -0.39 is 32.6 Å². The van der Waals surface area contributed by atoms with E-state index in [0.717, 1.165) is 22.1 Å². The summed E-state index contributed by atoms with van der Waals surface area (Å²) in [6.07, 6.45) is 0. The highest BCUT2D eigenvalue weighted by Crippen LogP contribution is 2.39. The van der Waals surface area contributed by atoms with Crippen molar-refractivity contribution in [1.29, 1.82) is 0 Å². The molecule has 0 radical (unpaired) electrons. The predicted octanol–water partition coefficient (Wildman–Crippen LogP) is 1.46. The van der Waals surface area contributed by atoms with E-state index in [2.05, 4.69) is 0 Å². The van der Waals surface area contributed by atoms with Crippen molar-refractivity contribution in [3.8, 4) is 0 Å². The number of rotatable bonds is 4. The van der Waals surface area contributed by atoms with Gasteiger partial charge in [0.1, 0.15) is 10.3 Å². The average molecular weight is 359 g/mol. The first-order valence-corrected chi connectivity index (χ1v) is 8.80. The molecule has 8 nitrogen and oxygen atoms in total. The summed E-state index contributed by atoms with van der Waals surface area (Å²) in [5.41, 5.74) is -0.506. The fraction of sp³-hybridized carbons (Fsp3) is 0.375. The summed E-state index contributed by atoms with van der Waals surface area (Å²) < 4.78 is 24.9. The molecule has 0 saturated carbocycles. The van der Waals surface area contributed by atoms with Crippen LogP contribution in [0.5, 0.6) is 0 Å². The molecular formula is C8H7ClN2O6S3. The summed E-state index contributed by atoms with van der Waals surface area (Å²) in [6, 6.07) is -0.325. The topological polar surface area (TPSA) is 118 Å². The standard InChI is InChI=1S/C8H7ClN2O6S3/c9-7-4(11(14)15)1-6(19-7)20(16,17)10-3-18-2-5(10)8(12)13/h1,5H,2-3H2,(H,12,13). The first kappa shape index (κ1) is 15.5. The molecule has 20 heavy (non-hydrogen) atoms. The number of thiophene rings is 1. The zero-order valence-corrected chi connectivity index (χ0v) is 12.8. The fourth-order valence-corrected chi connectivity index (χ4v) is 6.49. The molecule has 0 bridgehead atoms. The Bertz CT molecular complexity index is 672. The van der Waals surface area contributed by atoms with Gasteiger partial charge in [-0.1, -0.05) is 11.6 Å². The van der Waals surface area contributed by atoms with Gasteiger partial charge in [-0.05, 0) is 0 Å². The molecule has 1 unspecified atom stereocenters. The van der Waals surface area contributed by atoms with Crippen molar-refractivity contribution in [2.45, 2.75) is 10.3 Å². The molecular weight excluding hydrogens is 352 g/mol. The molecule has 1 saturated heterocycles. The van der Waals surface area contributed by atoms with Gasteiger partial charge in [0.15, 0.2) is 4.34 Å². The lowest BCUT2D eigenvalue weighted by atomic mass is 10.4. The second-order valence-corrected chi connectivity index (χ2v) is 8.50. The first-order valence-electron chi connectivity index (χ1n) is 5.01. The van der Waals surface area contributed by atoms with Crippen molar-refractivity contribution < 1.29 is 23.2 Å². The molecule has 0 aliphatic carbocycles. The zero-order chi connectivity index (χ0) is 15.1. The van der Waals surface area contributed by atoms with E-state index in [1.54, 1.807) is 0 Å². The van der Waals surface area contributed by atoms with Crippen LogP contribution in [0.4, 0.5) is 5.69 Å². The van der Waals surface area contributed by atoms with Crippen molar-refractivity contribution in [1.82, 2.24) is 4.31 Å². The minimum atomic E-state index is -4.11. The van der Waals surface area contributed by atoms with Crippen LogP contribution in [0.3, 0.4) is 0 Å². The number of hydrogen-bond acceptors (Lipinski definition) is 7.